The highest BCUT2D eigenvalue weighted by Crippen LogP contribution is 2.43. The predicted molar refractivity (Wildman–Crippen MR) is 547 cm³/mol. The van der Waals surface area contributed by atoms with E-state index in [0.29, 0.717) is 77.5 Å². The highest BCUT2D eigenvalue weighted by Gasteiger charge is 2.38. The van der Waals surface area contributed by atoms with Crippen LogP contribution in [0.4, 0.5) is 43.7 Å². The second-order valence-corrected chi connectivity index (χ2v) is 40.9. The van der Waals surface area contributed by atoms with Crippen LogP contribution in [0, 0.1) is 0 Å². The van der Waals surface area contributed by atoms with Crippen LogP contribution in [0.2, 0.25) is 5.02 Å². The number of nitrogens with zero attached hydrogens (tertiary/aromatic N) is 9. The number of para-hydroxylation sites is 4. The number of fused-ring (bicyclic) bond motifs is 6. The molecule has 3 saturated heterocycles. The van der Waals surface area contributed by atoms with Gasteiger partial charge in [-0.15, -0.1) is 0 Å². The number of halogens is 1. The van der Waals surface area contributed by atoms with E-state index >= 15 is 0 Å². The Bertz CT molecular complexity index is 7170. The number of Topliss-reactive ketones (excluding diaryl/α,β-unsaturated/α-hetero) is 3. The lowest BCUT2D eigenvalue weighted by Crippen LogP contribution is -2.36. The minimum Gasteiger partial charge on any atom is -0.454 e. The zero-order valence-electron chi connectivity index (χ0n) is 73.9. The number of thioether (sulfide) groups is 8. The second-order valence-electron chi connectivity index (χ2n) is 31.8. The van der Waals surface area contributed by atoms with Gasteiger partial charge >= 0.3 is 6.03 Å². The molecule has 9 aliphatic rings. The van der Waals surface area contributed by atoms with E-state index in [2.05, 4.69) is 83.6 Å². The van der Waals surface area contributed by atoms with Crippen molar-refractivity contribution >= 4 is 234 Å². The Morgan fingerprint density at radius 2 is 0.912 bits per heavy atom. The van der Waals surface area contributed by atoms with Gasteiger partial charge in [-0.1, -0.05) is 146 Å². The molecule has 682 valence electrons. The van der Waals surface area contributed by atoms with Gasteiger partial charge in [-0.3, -0.25) is 48.3 Å². The van der Waals surface area contributed by atoms with E-state index in [0.717, 1.165) is 158 Å². The average molecular weight is 1970 g/mol. The molecule has 5 amide bonds. The molecule has 0 radical (unpaired) electrons. The van der Waals surface area contributed by atoms with Crippen molar-refractivity contribution in [2.75, 3.05) is 0 Å². The summed E-state index contributed by atoms with van der Waals surface area (Å²) in [4.78, 5) is 131. The molecule has 0 saturated carbocycles. The molecule has 0 unspecified atom stereocenters. The van der Waals surface area contributed by atoms with Gasteiger partial charge in [0.05, 0.1) is 86.3 Å². The van der Waals surface area contributed by atoms with Crippen LogP contribution in [0.5, 0.6) is 0 Å². The van der Waals surface area contributed by atoms with E-state index in [1.807, 2.05) is 196 Å². The molecule has 0 aliphatic carbocycles. The maximum Gasteiger partial charge on any atom is 0.329 e. The largest absolute Gasteiger partial charge is 0.454 e. The summed E-state index contributed by atoms with van der Waals surface area (Å²) in [7, 11) is 0. The number of aromatic nitrogens is 1. The predicted octanol–water partition coefficient (Wildman–Crippen LogP) is 26.9. The number of aliphatic imine (C=N–C) groups is 6. The summed E-state index contributed by atoms with van der Waals surface area (Å²) < 4.78 is 28.3. The molecule has 0 bridgehead atoms. The topological polar surface area (TPSA) is 308 Å². The first-order valence-electron chi connectivity index (χ1n) is 43.3. The number of imide groups is 2. The Kier molecular flexibility index (Phi) is 30.6. The molecule has 9 aliphatic heterocycles. The Morgan fingerprint density at radius 3 is 1.42 bits per heavy atom. The van der Waals surface area contributed by atoms with Gasteiger partial charge in [-0.25, -0.2) is 34.7 Å². The molecule has 15 heterocycles. The summed E-state index contributed by atoms with van der Waals surface area (Å²) in [6, 6.07) is 77.3. The number of aryl methyl sites for hydroxylation is 1. The number of furan rings is 5. The number of rotatable bonds is 16. The monoisotopic (exact) mass is 1970 g/mol. The fourth-order valence-corrected chi connectivity index (χ4v) is 22.0. The van der Waals surface area contributed by atoms with Gasteiger partial charge in [-0.05, 0) is 289 Å². The maximum atomic E-state index is 12.4. The highest BCUT2D eigenvalue weighted by atomic mass is 35.5. The van der Waals surface area contributed by atoms with Crippen molar-refractivity contribution in [1.82, 2.24) is 20.1 Å². The van der Waals surface area contributed by atoms with Crippen LogP contribution in [-0.4, -0.2) is 103 Å². The molecular formula is C104H83ClN10O13S8. The number of nitrogens with one attached hydrogen (secondary N) is 1. The first-order chi connectivity index (χ1) is 65.9. The molecule has 136 heavy (non-hydrogen) atoms. The van der Waals surface area contributed by atoms with E-state index in [-0.39, 0.29) is 63.7 Å². The van der Waals surface area contributed by atoms with Gasteiger partial charge < -0.3 is 27.4 Å². The van der Waals surface area contributed by atoms with E-state index in [1.165, 1.54) is 92.1 Å². The van der Waals surface area contributed by atoms with Gasteiger partial charge in [0.2, 0.25) is 10.9 Å². The zero-order valence-corrected chi connectivity index (χ0v) is 81.2. The number of allylic oxidation sites excluding steroid dienone is 1. The average Bonchev–Trinajstić information content (AvgIpc) is 1.78. The standard InChI is InChI=1S/C21H18N2O2S2.C20H15NO2S.C19H16ClN3O3S.C16H10N2O3S2.C14H11NO2S.C14H13NOS/c1-13(2)23-20(24)18(27-21(23)25)11-14-6-5-8-16(10-14)26-19-12-15-7-3-4-9-17(15)22-19;22-17(12-14-6-2-1-3-7-14)18-10-11-20(23-18)24-19-13-15-8-4-5-9-16(15)21-19;1-10(2)23-18(24)15(22-19(23)25)9-13-4-6-17(26-13)27-16-8-11-7-12(20)3-5-14(11)21-16;19-12-8-15(20)22-13(12)6-9-3-4-16(21-9)23-14-7-11-10(18-14)2-1-5-17-11;1-9(16)12-6-7-14(17-12)18-13-8-10-4-2-3-5-11(10)15-13;1-2-11-7-8-14(16-11)17-13-9-10-5-3-4-6-12(10)15-13/h3-11,13H,12H2,1-2H3;1-11H,12-13H2;3-7,9-10H,8H2,1-2H3,(H,22,25);1-6H,7-8H2;2-7H,8H2,1H3;3-8H,2,9H2,1H3/b18-11-;;15-9-;13-6-;;. The second kappa shape index (κ2) is 43.9. The molecular weight excluding hydrogens is 1890 g/mol. The SMILES string of the molecule is CC(=O)c1ccc(SC2=Nc3ccccc3C2)o1.CC(C)N1C(=O)N/C(=C\c2ccc(SC3=Nc4ccc(Cl)cc4C3)o2)C1=O.CC(C)N1C(=O)S/C(=C\c2cccc(SC3=Nc4ccccc4C3)c2)C1=O.CCc1ccc(SC2=Nc3ccccc3C2)o1.O=C(Cc1ccccc1)c1ccc(SC2=Nc3ccccc3C2)o1.O=C1CC(=O)/C(=C/c2ccc(SC3=Nc4cccnc4C3)o2)S1. The lowest BCUT2D eigenvalue weighted by atomic mass is 10.1. The fraction of sp³-hybridized carbons (Fsp3) is 0.163. The number of hydrogen-bond acceptors (Lipinski definition) is 28. The molecule has 1 N–H and O–H groups in total. The third-order valence-corrected chi connectivity index (χ3v) is 28.6. The first kappa shape index (κ1) is 94.9. The number of ketones is 3. The first-order valence-corrected chi connectivity index (χ1v) is 50.2. The summed E-state index contributed by atoms with van der Waals surface area (Å²) in [5.74, 6) is 2.10. The van der Waals surface area contributed by atoms with Crippen molar-refractivity contribution in [2.45, 2.75) is 142 Å². The van der Waals surface area contributed by atoms with Gasteiger partial charge in [0.15, 0.2) is 48.5 Å². The normalized spacial score (nSPS) is 15.9. The third-order valence-electron chi connectivity index (χ3n) is 21.2. The van der Waals surface area contributed by atoms with Crippen molar-refractivity contribution in [3.63, 3.8) is 0 Å². The van der Waals surface area contributed by atoms with Crippen LogP contribution >= 0.6 is 106 Å². The molecule has 3 fully saturated rings. The highest BCUT2D eigenvalue weighted by molar-refractivity contribution is 8.19. The number of pyridine rings is 1. The molecule has 7 aromatic carbocycles. The Hall–Kier alpha value is -12.8. The molecule has 13 aromatic rings. The van der Waals surface area contributed by atoms with E-state index in [4.69, 9.17) is 33.7 Å². The summed E-state index contributed by atoms with van der Waals surface area (Å²) >= 11 is 17.1. The van der Waals surface area contributed by atoms with Crippen LogP contribution in [0.3, 0.4) is 0 Å². The minimum absolute atomic E-state index is 0.00954. The van der Waals surface area contributed by atoms with Crippen LogP contribution in [0.25, 0.3) is 18.2 Å². The molecule has 6 aromatic heterocycles. The Balaban J connectivity index is 0.000000114. The number of urea groups is 1. The fourth-order valence-electron chi connectivity index (χ4n) is 14.7. The van der Waals surface area contributed by atoms with Gasteiger partial charge in [0.25, 0.3) is 17.1 Å². The molecule has 0 spiro atoms. The zero-order chi connectivity index (χ0) is 94.5. The van der Waals surface area contributed by atoms with Crippen molar-refractivity contribution < 1.29 is 60.4 Å². The number of carbonyl (C=O) groups is 8. The molecule has 32 heteroatoms. The smallest absolute Gasteiger partial charge is 0.329 e. The third kappa shape index (κ3) is 24.3. The van der Waals surface area contributed by atoms with Crippen molar-refractivity contribution in [3.05, 3.63) is 343 Å². The lowest BCUT2D eigenvalue weighted by molar-refractivity contribution is -0.124. The van der Waals surface area contributed by atoms with E-state index in [9.17, 15) is 38.4 Å². The quantitative estimate of drug-likeness (QED) is 0.0406. The summed E-state index contributed by atoms with van der Waals surface area (Å²) in [5, 5.41) is 12.7. The minimum atomic E-state index is -0.417. The summed E-state index contributed by atoms with van der Waals surface area (Å²) in [6.45, 7) is 10.9. The van der Waals surface area contributed by atoms with Crippen LogP contribution in [0.15, 0.2) is 347 Å². The van der Waals surface area contributed by atoms with Gasteiger partial charge in [0, 0.05) is 92.6 Å². The lowest BCUT2D eigenvalue weighted by Gasteiger charge is -2.16. The molecule has 0 atom stereocenters. The van der Waals surface area contributed by atoms with E-state index < -0.39 is 6.03 Å². The van der Waals surface area contributed by atoms with Crippen LogP contribution in [-0.2, 0) is 70.5 Å². The van der Waals surface area contributed by atoms with E-state index in [1.54, 1.807) is 80.0 Å². The number of benzene rings is 7. The van der Waals surface area contributed by atoms with Gasteiger partial charge in [0.1, 0.15) is 23.0 Å². The summed E-state index contributed by atoms with van der Waals surface area (Å²) in [5.41, 5.74) is 15.2. The Morgan fingerprint density at radius 1 is 0.434 bits per heavy atom. The van der Waals surface area contributed by atoms with Crippen molar-refractivity contribution in [2.24, 2.45) is 30.0 Å². The number of hydrogen-bond donors (Lipinski definition) is 1. The molecule has 23 nitrogen and oxygen atoms in total. The van der Waals surface area contributed by atoms with Gasteiger partial charge in [-0.2, -0.15) is 0 Å². The summed E-state index contributed by atoms with van der Waals surface area (Å²) in [6.07, 6.45) is 12.8. The maximum absolute atomic E-state index is 12.4. The number of carbonyl (C=O) groups excluding carboxylic acids is 8. The van der Waals surface area contributed by atoms with Crippen molar-refractivity contribution in [3.8, 4) is 0 Å². The number of amides is 5. The Labute approximate surface area is 822 Å². The van der Waals surface area contributed by atoms with Crippen LogP contribution in [0.1, 0.15) is 131 Å². The molecule has 22 rings (SSSR count). The van der Waals surface area contributed by atoms with Crippen LogP contribution < -0.4 is 5.32 Å². The van der Waals surface area contributed by atoms with Crippen molar-refractivity contribution in [1.29, 1.82) is 0 Å².